The fourth-order valence-electron chi connectivity index (χ4n) is 3.18. The average molecular weight is 390 g/mol. The van der Waals surface area contributed by atoms with Crippen molar-refractivity contribution in [3.05, 3.63) is 69.4 Å². The van der Waals surface area contributed by atoms with Gasteiger partial charge in [-0.2, -0.15) is 0 Å². The number of nitrogens with zero attached hydrogens (tertiary/aromatic N) is 2. The molecule has 2 aromatic carbocycles. The summed E-state index contributed by atoms with van der Waals surface area (Å²) in [5, 5.41) is 1.31. The highest BCUT2D eigenvalue weighted by atomic mass is 32.1. The molecule has 0 saturated heterocycles. The van der Waals surface area contributed by atoms with Crippen LogP contribution in [-0.4, -0.2) is 19.1 Å². The third-order valence-electron chi connectivity index (χ3n) is 4.62. The van der Waals surface area contributed by atoms with Gasteiger partial charge in [0.05, 0.1) is 21.2 Å². The lowest BCUT2D eigenvalue weighted by atomic mass is 10.1. The molecule has 0 saturated carbocycles. The zero-order valence-electron chi connectivity index (χ0n) is 15.1. The van der Waals surface area contributed by atoms with Crippen molar-refractivity contribution >= 4 is 49.2 Å². The maximum atomic E-state index is 12.7. The van der Waals surface area contributed by atoms with Gasteiger partial charge >= 0.3 is 11.3 Å². The first-order valence-corrected chi connectivity index (χ1v) is 9.41. The number of rotatable bonds is 2. The summed E-state index contributed by atoms with van der Waals surface area (Å²) in [7, 11) is 3.79. The molecule has 7 heteroatoms. The average Bonchev–Trinajstić information content (AvgIpc) is 3.11. The van der Waals surface area contributed by atoms with E-state index in [9.17, 15) is 9.59 Å². The van der Waals surface area contributed by atoms with Gasteiger partial charge in [-0.05, 0) is 30.3 Å². The third-order valence-corrected chi connectivity index (χ3v) is 5.69. The van der Waals surface area contributed by atoms with Crippen LogP contribution >= 0.6 is 11.3 Å². The van der Waals surface area contributed by atoms with Crippen LogP contribution in [0.3, 0.4) is 0 Å². The van der Waals surface area contributed by atoms with E-state index in [0.29, 0.717) is 16.0 Å². The van der Waals surface area contributed by atoms with Crippen molar-refractivity contribution in [2.24, 2.45) is 0 Å². The summed E-state index contributed by atoms with van der Waals surface area (Å²) in [5.74, 6) is 0. The van der Waals surface area contributed by atoms with E-state index in [1.54, 1.807) is 12.1 Å². The molecule has 0 spiro atoms. The van der Waals surface area contributed by atoms with Crippen LogP contribution in [0.25, 0.3) is 42.7 Å². The predicted molar refractivity (Wildman–Crippen MR) is 111 cm³/mol. The Morgan fingerprint density at radius 3 is 2.54 bits per heavy atom. The Morgan fingerprint density at radius 1 is 0.929 bits per heavy atom. The first kappa shape index (κ1) is 16.7. The lowest BCUT2D eigenvalue weighted by Crippen LogP contribution is -2.10. The van der Waals surface area contributed by atoms with Crippen LogP contribution in [0.5, 0.6) is 0 Å². The number of aromatic nitrogens is 1. The highest BCUT2D eigenvalue weighted by Gasteiger charge is 2.17. The van der Waals surface area contributed by atoms with Gasteiger partial charge in [-0.3, -0.25) is 0 Å². The molecule has 0 amide bonds. The maximum absolute atomic E-state index is 12.7. The molecule has 0 fully saturated rings. The number of hydrogen-bond acceptors (Lipinski definition) is 7. The van der Waals surface area contributed by atoms with Crippen molar-refractivity contribution in [1.82, 2.24) is 4.98 Å². The van der Waals surface area contributed by atoms with Gasteiger partial charge < -0.3 is 13.7 Å². The summed E-state index contributed by atoms with van der Waals surface area (Å²) in [6, 6.07) is 14.5. The molecule has 28 heavy (non-hydrogen) atoms. The third kappa shape index (κ3) is 2.51. The van der Waals surface area contributed by atoms with Crippen LogP contribution in [0.1, 0.15) is 0 Å². The molecule has 0 bridgehead atoms. The minimum Gasteiger partial charge on any atom is -0.422 e. The summed E-state index contributed by atoms with van der Waals surface area (Å²) in [5.41, 5.74) is 1.45. The molecule has 0 aliphatic rings. The van der Waals surface area contributed by atoms with Crippen molar-refractivity contribution in [3.8, 4) is 10.6 Å². The normalized spacial score (nSPS) is 11.5. The van der Waals surface area contributed by atoms with E-state index in [2.05, 4.69) is 4.98 Å². The zero-order valence-corrected chi connectivity index (χ0v) is 15.9. The van der Waals surface area contributed by atoms with Gasteiger partial charge in [0.1, 0.15) is 16.0 Å². The van der Waals surface area contributed by atoms with Crippen molar-refractivity contribution in [2.45, 2.75) is 0 Å². The Bertz CT molecular complexity index is 1460. The van der Waals surface area contributed by atoms with E-state index in [1.165, 1.54) is 17.4 Å². The first-order valence-electron chi connectivity index (χ1n) is 8.59. The molecule has 6 nitrogen and oxygen atoms in total. The van der Waals surface area contributed by atoms with E-state index >= 15 is 0 Å². The Hall–Kier alpha value is -3.45. The lowest BCUT2D eigenvalue weighted by molar-refractivity contribution is 0.544. The summed E-state index contributed by atoms with van der Waals surface area (Å²) < 4.78 is 12.0. The fourth-order valence-corrected chi connectivity index (χ4v) is 4.15. The molecule has 0 aliphatic heterocycles. The van der Waals surface area contributed by atoms with Gasteiger partial charge in [0.25, 0.3) is 0 Å². The van der Waals surface area contributed by atoms with Gasteiger partial charge in [0.2, 0.25) is 0 Å². The van der Waals surface area contributed by atoms with Gasteiger partial charge in [-0.15, -0.1) is 11.3 Å². The van der Waals surface area contributed by atoms with Crippen LogP contribution in [0.15, 0.2) is 67.0 Å². The topological polar surface area (TPSA) is 76.6 Å². The number of hydrogen-bond donors (Lipinski definition) is 0. The van der Waals surface area contributed by atoms with Crippen LogP contribution in [0.4, 0.5) is 5.69 Å². The van der Waals surface area contributed by atoms with Gasteiger partial charge in [-0.1, -0.05) is 12.1 Å². The Kier molecular flexibility index (Phi) is 3.60. The van der Waals surface area contributed by atoms with E-state index in [4.69, 9.17) is 8.83 Å². The van der Waals surface area contributed by atoms with Crippen molar-refractivity contribution < 1.29 is 8.83 Å². The largest absolute Gasteiger partial charge is 0.422 e. The Balaban J connectivity index is 1.80. The SMILES string of the molecule is CN(C)c1ccc2c(c1)oc(=O)c1cc(-c3nc4ccccc4s3)c(=O)oc12. The molecular weight excluding hydrogens is 376 g/mol. The first-order chi connectivity index (χ1) is 13.5. The molecule has 0 aliphatic carbocycles. The predicted octanol–water partition coefficient (Wildman–Crippen LogP) is 4.24. The van der Waals surface area contributed by atoms with E-state index in [0.717, 1.165) is 15.9 Å². The monoisotopic (exact) mass is 390 g/mol. The molecular formula is C21H14N2O4S. The summed E-state index contributed by atoms with van der Waals surface area (Å²) in [6.45, 7) is 0. The van der Waals surface area contributed by atoms with E-state index < -0.39 is 11.3 Å². The molecule has 0 atom stereocenters. The Labute approximate surface area is 162 Å². The molecule has 3 heterocycles. The standard InChI is InChI=1S/C21H14N2O4S/c1-23(2)11-7-8-12-16(9-11)26-20(24)13-10-14(21(25)27-18(12)13)19-22-15-5-3-4-6-17(15)28-19/h3-10H,1-2H3. The lowest BCUT2D eigenvalue weighted by Gasteiger charge is -2.12. The number of thiazole rings is 1. The van der Waals surface area contributed by atoms with Crippen LogP contribution < -0.4 is 16.2 Å². The Morgan fingerprint density at radius 2 is 1.75 bits per heavy atom. The second-order valence-corrected chi connectivity index (χ2v) is 7.67. The van der Waals surface area contributed by atoms with Crippen molar-refractivity contribution in [3.63, 3.8) is 0 Å². The van der Waals surface area contributed by atoms with E-state index in [-0.39, 0.29) is 16.5 Å². The molecule has 0 radical (unpaired) electrons. The second-order valence-electron chi connectivity index (χ2n) is 6.64. The van der Waals surface area contributed by atoms with Crippen LogP contribution in [0, 0.1) is 0 Å². The summed E-state index contributed by atoms with van der Waals surface area (Å²) in [4.78, 5) is 31.7. The highest BCUT2D eigenvalue weighted by Crippen LogP contribution is 2.31. The number of anilines is 1. The van der Waals surface area contributed by atoms with Crippen molar-refractivity contribution in [2.75, 3.05) is 19.0 Å². The number of fused-ring (bicyclic) bond motifs is 4. The molecule has 138 valence electrons. The number of benzene rings is 2. The molecule has 0 N–H and O–H groups in total. The highest BCUT2D eigenvalue weighted by molar-refractivity contribution is 7.21. The van der Waals surface area contributed by atoms with Crippen LogP contribution in [0.2, 0.25) is 0 Å². The van der Waals surface area contributed by atoms with Gasteiger partial charge in [0, 0.05) is 25.8 Å². The molecule has 3 aromatic heterocycles. The van der Waals surface area contributed by atoms with Gasteiger partial charge in [0.15, 0.2) is 5.58 Å². The fraction of sp³-hybridized carbons (Fsp3) is 0.0952. The molecule has 5 aromatic rings. The quantitative estimate of drug-likeness (QED) is 0.331. The smallest absolute Gasteiger partial charge is 0.347 e. The summed E-state index contributed by atoms with van der Waals surface area (Å²) in [6.07, 6.45) is 0. The number of para-hydroxylation sites is 1. The minimum absolute atomic E-state index is 0.221. The van der Waals surface area contributed by atoms with Gasteiger partial charge in [-0.25, -0.2) is 14.6 Å². The molecule has 5 rings (SSSR count). The zero-order chi connectivity index (χ0) is 19.4. The maximum Gasteiger partial charge on any atom is 0.347 e. The van der Waals surface area contributed by atoms with Crippen molar-refractivity contribution in [1.29, 1.82) is 0 Å². The minimum atomic E-state index is -0.551. The van der Waals surface area contributed by atoms with Crippen LogP contribution in [-0.2, 0) is 0 Å². The summed E-state index contributed by atoms with van der Waals surface area (Å²) >= 11 is 1.38. The molecule has 0 unspecified atom stereocenters. The van der Waals surface area contributed by atoms with E-state index in [1.807, 2.05) is 49.3 Å². The second kappa shape index (κ2) is 6.03.